The van der Waals surface area contributed by atoms with E-state index >= 15 is 0 Å². The van der Waals surface area contributed by atoms with E-state index in [9.17, 15) is 14.7 Å². The van der Waals surface area contributed by atoms with Gasteiger partial charge in [0.25, 0.3) is 0 Å². The molecule has 1 aromatic carbocycles. The fourth-order valence-electron chi connectivity index (χ4n) is 6.14. The lowest BCUT2D eigenvalue weighted by Gasteiger charge is -2.59. The molecule has 0 unspecified atom stereocenters. The van der Waals surface area contributed by atoms with Crippen LogP contribution in [0.2, 0.25) is 10.0 Å². The molecule has 6 atom stereocenters. The van der Waals surface area contributed by atoms with E-state index in [2.05, 4.69) is 12.2 Å². The summed E-state index contributed by atoms with van der Waals surface area (Å²) in [4.78, 5) is 24.5. The van der Waals surface area contributed by atoms with Crippen molar-refractivity contribution in [3.63, 3.8) is 0 Å². The SMILES string of the molecule is C[C@]1(CO)[C@@H]2CC[C@H]3OC(=O)C[C@H]3[C@]2(C)CC[C@H]1OC(=O)Nc1ccc(Cl)c(Cl)c1. The predicted molar refractivity (Wildman–Crippen MR) is 114 cm³/mol. The van der Waals surface area contributed by atoms with Crippen LogP contribution >= 0.6 is 23.2 Å². The highest BCUT2D eigenvalue weighted by Crippen LogP contribution is 2.62. The van der Waals surface area contributed by atoms with Gasteiger partial charge in [0.05, 0.1) is 23.1 Å². The second kappa shape index (κ2) is 7.88. The summed E-state index contributed by atoms with van der Waals surface area (Å²) in [6, 6.07) is 4.82. The second-order valence-electron chi connectivity index (χ2n) is 9.33. The monoisotopic (exact) mass is 455 g/mol. The van der Waals surface area contributed by atoms with Gasteiger partial charge in [0, 0.05) is 17.0 Å². The Kier molecular flexibility index (Phi) is 5.71. The summed E-state index contributed by atoms with van der Waals surface area (Å²) in [5.74, 6) is 0.153. The average molecular weight is 456 g/mol. The molecule has 0 aromatic heterocycles. The van der Waals surface area contributed by atoms with Gasteiger partial charge in [0.15, 0.2) is 0 Å². The van der Waals surface area contributed by atoms with E-state index in [1.54, 1.807) is 18.2 Å². The van der Waals surface area contributed by atoms with Crippen molar-refractivity contribution < 1.29 is 24.2 Å². The average Bonchev–Trinajstić information content (AvgIpc) is 3.09. The lowest BCUT2D eigenvalue weighted by molar-refractivity contribution is -0.174. The number of benzene rings is 1. The highest BCUT2D eigenvalue weighted by atomic mass is 35.5. The minimum atomic E-state index is -0.599. The van der Waals surface area contributed by atoms with Crippen LogP contribution in [-0.2, 0) is 14.3 Å². The van der Waals surface area contributed by atoms with Crippen LogP contribution in [0.4, 0.5) is 10.5 Å². The van der Waals surface area contributed by atoms with Gasteiger partial charge in [-0.1, -0.05) is 37.0 Å². The molecule has 1 saturated heterocycles. The number of aliphatic hydroxyl groups excluding tert-OH is 1. The third-order valence-corrected chi connectivity index (χ3v) is 8.47. The first kappa shape index (κ1) is 21.7. The highest BCUT2D eigenvalue weighted by Gasteiger charge is 2.62. The van der Waals surface area contributed by atoms with Gasteiger partial charge < -0.3 is 14.6 Å². The lowest BCUT2D eigenvalue weighted by Crippen LogP contribution is -2.59. The number of halogens is 2. The normalized spacial score (nSPS) is 37.7. The first-order valence-electron chi connectivity index (χ1n) is 10.4. The van der Waals surface area contributed by atoms with Crippen LogP contribution in [0.15, 0.2) is 18.2 Å². The number of carbonyl (C=O) groups excluding carboxylic acids is 2. The van der Waals surface area contributed by atoms with Gasteiger partial charge in [-0.2, -0.15) is 0 Å². The topological polar surface area (TPSA) is 84.9 Å². The Labute approximate surface area is 186 Å². The summed E-state index contributed by atoms with van der Waals surface area (Å²) >= 11 is 11.9. The van der Waals surface area contributed by atoms with E-state index in [4.69, 9.17) is 32.7 Å². The molecular weight excluding hydrogens is 429 g/mol. The quantitative estimate of drug-likeness (QED) is 0.622. The standard InChI is InChI=1S/C22H27Cl2NO5/c1-21-8-7-18(30-20(28)25-12-3-4-14(23)15(24)9-12)22(2,11-26)17(21)6-5-16-13(21)10-19(27)29-16/h3-4,9,13,16-18,26H,5-8,10-11H2,1-2H3,(H,25,28)/t13-,16-,17-,18-,21+,22+/m1/s1. The Morgan fingerprint density at radius 2 is 2.03 bits per heavy atom. The van der Waals surface area contributed by atoms with E-state index in [0.29, 0.717) is 28.6 Å². The summed E-state index contributed by atoms with van der Waals surface area (Å²) in [5.41, 5.74) is -0.242. The van der Waals surface area contributed by atoms with E-state index in [0.717, 1.165) is 19.3 Å². The zero-order valence-electron chi connectivity index (χ0n) is 17.1. The number of esters is 1. The fourth-order valence-corrected chi connectivity index (χ4v) is 6.44. The van der Waals surface area contributed by atoms with Crippen molar-refractivity contribution in [3.8, 4) is 0 Å². The largest absolute Gasteiger partial charge is 0.462 e. The number of carbonyl (C=O) groups is 2. The van der Waals surface area contributed by atoms with E-state index in [1.807, 2.05) is 6.92 Å². The van der Waals surface area contributed by atoms with Crippen molar-refractivity contribution in [3.05, 3.63) is 28.2 Å². The summed E-state index contributed by atoms with van der Waals surface area (Å²) in [6.07, 6.45) is 2.43. The highest BCUT2D eigenvalue weighted by molar-refractivity contribution is 6.42. The lowest BCUT2D eigenvalue weighted by atomic mass is 9.46. The molecule has 4 rings (SSSR count). The Morgan fingerprint density at radius 1 is 1.27 bits per heavy atom. The minimum absolute atomic E-state index is 0.0305. The zero-order valence-corrected chi connectivity index (χ0v) is 18.6. The Balaban J connectivity index is 1.50. The molecule has 2 saturated carbocycles. The van der Waals surface area contributed by atoms with Crippen molar-refractivity contribution in [1.82, 2.24) is 0 Å². The van der Waals surface area contributed by atoms with Crippen LogP contribution in [0.3, 0.4) is 0 Å². The third-order valence-electron chi connectivity index (χ3n) is 7.73. The number of amides is 1. The zero-order chi connectivity index (χ0) is 21.7. The maximum Gasteiger partial charge on any atom is 0.411 e. The molecule has 8 heteroatoms. The van der Waals surface area contributed by atoms with Crippen LogP contribution in [0, 0.1) is 22.7 Å². The molecule has 1 aromatic rings. The fraction of sp³-hybridized carbons (Fsp3) is 0.636. The number of aliphatic hydroxyl groups is 1. The van der Waals surface area contributed by atoms with Crippen LogP contribution in [0.5, 0.6) is 0 Å². The molecule has 2 aliphatic carbocycles. The number of fused-ring (bicyclic) bond motifs is 3. The van der Waals surface area contributed by atoms with Crippen LogP contribution in [-0.4, -0.2) is 36.0 Å². The van der Waals surface area contributed by atoms with Gasteiger partial charge in [-0.15, -0.1) is 0 Å². The molecule has 164 valence electrons. The van der Waals surface area contributed by atoms with Gasteiger partial charge in [0.1, 0.15) is 12.2 Å². The number of ether oxygens (including phenoxy) is 2. The smallest absolute Gasteiger partial charge is 0.411 e. The Morgan fingerprint density at radius 3 is 2.73 bits per heavy atom. The van der Waals surface area contributed by atoms with Crippen LogP contribution in [0.25, 0.3) is 0 Å². The third kappa shape index (κ3) is 3.57. The number of hydrogen-bond acceptors (Lipinski definition) is 5. The maximum absolute atomic E-state index is 12.6. The summed E-state index contributed by atoms with van der Waals surface area (Å²) in [5, 5.41) is 13.8. The molecule has 1 heterocycles. The van der Waals surface area contributed by atoms with Crippen molar-refractivity contribution in [2.45, 2.75) is 58.2 Å². The first-order valence-corrected chi connectivity index (χ1v) is 11.2. The summed E-state index contributed by atoms with van der Waals surface area (Å²) in [6.45, 7) is 4.10. The van der Waals surface area contributed by atoms with Crippen molar-refractivity contribution in [2.24, 2.45) is 22.7 Å². The molecule has 0 bridgehead atoms. The van der Waals surface area contributed by atoms with Gasteiger partial charge in [-0.25, -0.2) is 4.79 Å². The second-order valence-corrected chi connectivity index (χ2v) is 10.1. The van der Waals surface area contributed by atoms with Gasteiger partial charge >= 0.3 is 12.1 Å². The molecule has 3 aliphatic rings. The van der Waals surface area contributed by atoms with Gasteiger partial charge in [-0.3, -0.25) is 10.1 Å². The van der Waals surface area contributed by atoms with Crippen LogP contribution in [0.1, 0.15) is 46.0 Å². The van der Waals surface area contributed by atoms with E-state index in [1.165, 1.54) is 0 Å². The first-order chi connectivity index (χ1) is 14.2. The molecule has 30 heavy (non-hydrogen) atoms. The van der Waals surface area contributed by atoms with E-state index < -0.39 is 17.6 Å². The molecule has 1 aliphatic heterocycles. The van der Waals surface area contributed by atoms with Crippen molar-refractivity contribution >= 4 is 41.0 Å². The maximum atomic E-state index is 12.6. The number of hydrogen-bond donors (Lipinski definition) is 2. The molecule has 2 N–H and O–H groups in total. The van der Waals surface area contributed by atoms with Crippen molar-refractivity contribution in [1.29, 1.82) is 0 Å². The Hall–Kier alpha value is -1.50. The molecule has 0 spiro atoms. The number of anilines is 1. The van der Waals surface area contributed by atoms with Crippen LogP contribution < -0.4 is 5.32 Å². The predicted octanol–water partition coefficient (Wildman–Crippen LogP) is 5.05. The Bertz CT molecular complexity index is 864. The molecule has 6 nitrogen and oxygen atoms in total. The van der Waals surface area contributed by atoms with Gasteiger partial charge in [0.2, 0.25) is 0 Å². The molecule has 0 radical (unpaired) electrons. The minimum Gasteiger partial charge on any atom is -0.462 e. The van der Waals surface area contributed by atoms with E-state index in [-0.39, 0.29) is 35.9 Å². The molecule has 1 amide bonds. The number of nitrogens with one attached hydrogen (secondary N) is 1. The van der Waals surface area contributed by atoms with Gasteiger partial charge in [-0.05, 0) is 55.2 Å². The molecule has 3 fully saturated rings. The number of rotatable bonds is 3. The molecular formula is C22H27Cl2NO5. The summed E-state index contributed by atoms with van der Waals surface area (Å²) < 4.78 is 11.4. The summed E-state index contributed by atoms with van der Waals surface area (Å²) in [7, 11) is 0. The van der Waals surface area contributed by atoms with Crippen molar-refractivity contribution in [2.75, 3.05) is 11.9 Å².